The second kappa shape index (κ2) is 10.4. The van der Waals surface area contributed by atoms with Crippen LogP contribution in [0.5, 0.6) is 5.75 Å². The number of amides is 1. The molecule has 0 N–H and O–H groups in total. The average molecular weight is 451 g/mol. The molecule has 1 saturated heterocycles. The molecule has 1 fully saturated rings. The minimum atomic E-state index is -0.434. The minimum absolute atomic E-state index is 0.0551. The molecule has 7 heteroatoms. The molecule has 2 aromatic carbocycles. The van der Waals surface area contributed by atoms with Crippen molar-refractivity contribution >= 4 is 23.2 Å². The molecule has 0 saturated carbocycles. The second-order valence-corrected chi connectivity index (χ2v) is 8.53. The molecule has 1 atom stereocenters. The Morgan fingerprint density at radius 3 is 2.44 bits per heavy atom. The van der Waals surface area contributed by atoms with E-state index in [0.717, 1.165) is 13.1 Å². The number of benzene rings is 2. The van der Waals surface area contributed by atoms with Crippen molar-refractivity contribution in [3.63, 3.8) is 0 Å². The van der Waals surface area contributed by atoms with Crippen LogP contribution in [0.4, 0.5) is 0 Å². The number of hydrogen-bond donors (Lipinski definition) is 0. The number of carbonyl (C=O) groups excluding carboxylic acids is 2. The molecule has 1 aromatic heterocycles. The first-order valence-corrected chi connectivity index (χ1v) is 11.4. The SMILES string of the molecule is COC(=O)c1cccc(OCC(=O)N2CCN(C(c3ccccc3)c3cccs3)CC2)c1. The molecule has 1 aliphatic heterocycles. The molecule has 2 heterocycles. The smallest absolute Gasteiger partial charge is 0.337 e. The number of nitrogens with zero attached hydrogens (tertiary/aromatic N) is 2. The highest BCUT2D eigenvalue weighted by atomic mass is 32.1. The number of thiophene rings is 1. The topological polar surface area (TPSA) is 59.1 Å². The van der Waals surface area contributed by atoms with Gasteiger partial charge in [0.25, 0.3) is 5.91 Å². The predicted molar refractivity (Wildman–Crippen MR) is 124 cm³/mol. The third-order valence-corrected chi connectivity index (χ3v) is 6.50. The molecule has 166 valence electrons. The van der Waals surface area contributed by atoms with Gasteiger partial charge in [-0.25, -0.2) is 4.79 Å². The molecule has 1 unspecified atom stereocenters. The van der Waals surface area contributed by atoms with E-state index >= 15 is 0 Å². The van der Waals surface area contributed by atoms with Gasteiger partial charge in [-0.3, -0.25) is 9.69 Å². The minimum Gasteiger partial charge on any atom is -0.484 e. The Morgan fingerprint density at radius 1 is 0.969 bits per heavy atom. The van der Waals surface area contributed by atoms with Gasteiger partial charge >= 0.3 is 5.97 Å². The van der Waals surface area contributed by atoms with E-state index in [4.69, 9.17) is 9.47 Å². The summed E-state index contributed by atoms with van der Waals surface area (Å²) in [7, 11) is 1.33. The molecule has 0 aliphatic carbocycles. The van der Waals surface area contributed by atoms with Crippen LogP contribution in [0.25, 0.3) is 0 Å². The highest BCUT2D eigenvalue weighted by Crippen LogP contribution is 2.32. The molecule has 3 aromatic rings. The van der Waals surface area contributed by atoms with Gasteiger partial charge in [0.15, 0.2) is 6.61 Å². The molecule has 0 spiro atoms. The summed E-state index contributed by atoms with van der Waals surface area (Å²) in [5, 5.41) is 2.11. The third-order valence-electron chi connectivity index (χ3n) is 5.58. The van der Waals surface area contributed by atoms with Crippen LogP contribution in [-0.2, 0) is 9.53 Å². The van der Waals surface area contributed by atoms with Gasteiger partial charge in [0, 0.05) is 31.1 Å². The van der Waals surface area contributed by atoms with E-state index in [1.807, 2.05) is 11.0 Å². The maximum Gasteiger partial charge on any atom is 0.337 e. The number of ether oxygens (including phenoxy) is 2. The molecule has 0 radical (unpaired) electrons. The van der Waals surface area contributed by atoms with E-state index in [-0.39, 0.29) is 18.6 Å². The van der Waals surface area contributed by atoms with Crippen molar-refractivity contribution in [2.24, 2.45) is 0 Å². The monoisotopic (exact) mass is 450 g/mol. The van der Waals surface area contributed by atoms with E-state index in [1.165, 1.54) is 17.6 Å². The molecule has 1 aliphatic rings. The zero-order valence-corrected chi connectivity index (χ0v) is 18.8. The van der Waals surface area contributed by atoms with Gasteiger partial charge in [-0.1, -0.05) is 42.5 Å². The molecule has 4 rings (SSSR count). The van der Waals surface area contributed by atoms with Crippen LogP contribution < -0.4 is 4.74 Å². The molecule has 6 nitrogen and oxygen atoms in total. The lowest BCUT2D eigenvalue weighted by Gasteiger charge is -2.39. The van der Waals surface area contributed by atoms with Gasteiger partial charge < -0.3 is 14.4 Å². The summed E-state index contributed by atoms with van der Waals surface area (Å²) >= 11 is 1.76. The summed E-state index contributed by atoms with van der Waals surface area (Å²) < 4.78 is 10.4. The Labute approximate surface area is 192 Å². The lowest BCUT2D eigenvalue weighted by molar-refractivity contribution is -0.135. The first kappa shape index (κ1) is 22.0. The first-order valence-electron chi connectivity index (χ1n) is 10.6. The van der Waals surface area contributed by atoms with Crippen LogP contribution >= 0.6 is 11.3 Å². The van der Waals surface area contributed by atoms with Crippen LogP contribution in [0.3, 0.4) is 0 Å². The lowest BCUT2D eigenvalue weighted by Crippen LogP contribution is -2.50. The molecule has 1 amide bonds. The molecule has 32 heavy (non-hydrogen) atoms. The average Bonchev–Trinajstić information content (AvgIpc) is 3.38. The maximum absolute atomic E-state index is 12.7. The number of piperazine rings is 1. The Hall–Kier alpha value is -3.16. The fourth-order valence-corrected chi connectivity index (χ4v) is 4.82. The maximum atomic E-state index is 12.7. The lowest BCUT2D eigenvalue weighted by atomic mass is 10.0. The predicted octanol–water partition coefficient (Wildman–Crippen LogP) is 3.85. The Kier molecular flexibility index (Phi) is 7.19. The third kappa shape index (κ3) is 5.18. The summed E-state index contributed by atoms with van der Waals surface area (Å²) in [6, 6.07) is 21.6. The first-order chi connectivity index (χ1) is 15.7. The van der Waals surface area contributed by atoms with Crippen LogP contribution in [0.2, 0.25) is 0 Å². The Bertz CT molecular complexity index is 1030. The fourth-order valence-electron chi connectivity index (χ4n) is 3.93. The van der Waals surface area contributed by atoms with Crippen molar-refractivity contribution in [2.75, 3.05) is 39.9 Å². The summed E-state index contributed by atoms with van der Waals surface area (Å²) in [5.74, 6) is -0.0150. The highest BCUT2D eigenvalue weighted by molar-refractivity contribution is 7.10. The van der Waals surface area contributed by atoms with Gasteiger partial charge in [0.05, 0.1) is 18.7 Å². The zero-order chi connectivity index (χ0) is 22.3. The summed E-state index contributed by atoms with van der Waals surface area (Å²) in [6.07, 6.45) is 0. The van der Waals surface area contributed by atoms with Crippen molar-refractivity contribution in [1.29, 1.82) is 0 Å². The van der Waals surface area contributed by atoms with Gasteiger partial charge in [-0.05, 0) is 35.2 Å². The van der Waals surface area contributed by atoms with Crippen molar-refractivity contribution < 1.29 is 19.1 Å². The van der Waals surface area contributed by atoms with E-state index in [1.54, 1.807) is 35.6 Å². The van der Waals surface area contributed by atoms with Crippen molar-refractivity contribution in [3.05, 3.63) is 88.1 Å². The van der Waals surface area contributed by atoms with E-state index in [9.17, 15) is 9.59 Å². The van der Waals surface area contributed by atoms with E-state index < -0.39 is 5.97 Å². The van der Waals surface area contributed by atoms with E-state index in [0.29, 0.717) is 24.4 Å². The van der Waals surface area contributed by atoms with Gasteiger partial charge in [-0.15, -0.1) is 11.3 Å². The van der Waals surface area contributed by atoms with Crippen LogP contribution in [-0.4, -0.2) is 61.6 Å². The number of rotatable bonds is 7. The van der Waals surface area contributed by atoms with Crippen molar-refractivity contribution in [2.45, 2.75) is 6.04 Å². The quantitative estimate of drug-likeness (QED) is 0.512. The summed E-state index contributed by atoms with van der Waals surface area (Å²) in [5.41, 5.74) is 1.66. The highest BCUT2D eigenvalue weighted by Gasteiger charge is 2.28. The van der Waals surface area contributed by atoms with Crippen LogP contribution in [0, 0.1) is 0 Å². The van der Waals surface area contributed by atoms with Crippen molar-refractivity contribution in [3.8, 4) is 5.75 Å². The largest absolute Gasteiger partial charge is 0.484 e. The number of hydrogen-bond acceptors (Lipinski definition) is 6. The normalized spacial score (nSPS) is 15.2. The molecular formula is C25H26N2O4S. The van der Waals surface area contributed by atoms with Gasteiger partial charge in [0.2, 0.25) is 0 Å². The molecular weight excluding hydrogens is 424 g/mol. The van der Waals surface area contributed by atoms with Crippen LogP contribution in [0.15, 0.2) is 72.1 Å². The fraction of sp³-hybridized carbons (Fsp3) is 0.280. The standard InChI is InChI=1S/C25H26N2O4S/c1-30-25(29)20-9-5-10-21(17-20)31-18-23(28)26-12-14-27(15-13-26)24(22-11-6-16-32-22)19-7-3-2-4-8-19/h2-11,16-17,24H,12-15,18H2,1H3. The zero-order valence-electron chi connectivity index (χ0n) is 18.0. The molecule has 0 bridgehead atoms. The Morgan fingerprint density at radius 2 is 1.75 bits per heavy atom. The van der Waals surface area contributed by atoms with E-state index in [2.05, 4.69) is 46.7 Å². The number of esters is 1. The number of methoxy groups -OCH3 is 1. The summed E-state index contributed by atoms with van der Waals surface area (Å²) in [4.78, 5) is 30.0. The summed E-state index contributed by atoms with van der Waals surface area (Å²) in [6.45, 7) is 2.83. The van der Waals surface area contributed by atoms with Gasteiger partial charge in [0.1, 0.15) is 5.75 Å². The number of carbonyl (C=O) groups is 2. The van der Waals surface area contributed by atoms with Crippen molar-refractivity contribution in [1.82, 2.24) is 9.80 Å². The van der Waals surface area contributed by atoms with Crippen LogP contribution in [0.1, 0.15) is 26.8 Å². The second-order valence-electron chi connectivity index (χ2n) is 7.55. The van der Waals surface area contributed by atoms with Gasteiger partial charge in [-0.2, -0.15) is 0 Å². The Balaban J connectivity index is 1.35.